The molecule has 4 unspecified atom stereocenters. The van der Waals surface area contributed by atoms with E-state index in [1.54, 1.807) is 23.5 Å². The Hall–Kier alpha value is -0.880. The Morgan fingerprint density at radius 1 is 0.900 bits per heavy atom. The van der Waals surface area contributed by atoms with Crippen molar-refractivity contribution < 1.29 is 19.1 Å². The van der Waals surface area contributed by atoms with Crippen LogP contribution in [0.3, 0.4) is 0 Å². The third-order valence-electron chi connectivity index (χ3n) is 3.46. The summed E-state index contributed by atoms with van der Waals surface area (Å²) in [7, 11) is 0. The summed E-state index contributed by atoms with van der Waals surface area (Å²) in [6, 6.07) is 0. The Kier molecular flexibility index (Phi) is 4.86. The summed E-state index contributed by atoms with van der Waals surface area (Å²) in [5.41, 5.74) is 0.922. The van der Waals surface area contributed by atoms with Crippen LogP contribution in [0.25, 0.3) is 0 Å². The zero-order valence-corrected chi connectivity index (χ0v) is 13.2. The normalized spacial score (nSPS) is 35.9. The van der Waals surface area contributed by atoms with E-state index in [1.165, 1.54) is 0 Å². The number of thioether (sulfide) groups is 2. The highest BCUT2D eigenvalue weighted by molar-refractivity contribution is 8.00. The van der Waals surface area contributed by atoms with Crippen LogP contribution in [0.2, 0.25) is 0 Å². The molecule has 0 aliphatic carbocycles. The molecule has 2 aliphatic rings. The zero-order chi connectivity index (χ0) is 14.9. The summed E-state index contributed by atoms with van der Waals surface area (Å²) in [4.78, 5) is 23.7. The van der Waals surface area contributed by atoms with E-state index in [9.17, 15) is 9.59 Å². The van der Waals surface area contributed by atoms with Crippen molar-refractivity contribution in [3.63, 3.8) is 0 Å². The second kappa shape index (κ2) is 6.26. The average molecular weight is 314 g/mol. The van der Waals surface area contributed by atoms with Gasteiger partial charge < -0.3 is 9.47 Å². The molecule has 0 N–H and O–H groups in total. The SMILES string of the molecule is C=C1C(=O)OC(C2CSC(C)C(=C)C(=O)O2)CSC1C. The molecule has 0 amide bonds. The molecule has 2 rings (SSSR count). The highest BCUT2D eigenvalue weighted by Gasteiger charge is 2.37. The lowest BCUT2D eigenvalue weighted by atomic mass is 10.2. The summed E-state index contributed by atoms with van der Waals surface area (Å²) in [6.07, 6.45) is -0.854. The Morgan fingerprint density at radius 3 is 1.60 bits per heavy atom. The molecule has 2 saturated heterocycles. The predicted molar refractivity (Wildman–Crippen MR) is 81.9 cm³/mol. The fourth-order valence-corrected chi connectivity index (χ4v) is 3.99. The van der Waals surface area contributed by atoms with Crippen LogP contribution in [-0.4, -0.2) is 46.2 Å². The molecule has 0 aromatic heterocycles. The molecule has 0 radical (unpaired) electrons. The first kappa shape index (κ1) is 15.5. The van der Waals surface area contributed by atoms with Crippen molar-refractivity contribution in [2.45, 2.75) is 36.6 Å². The molecule has 0 saturated carbocycles. The lowest BCUT2D eigenvalue weighted by Crippen LogP contribution is -2.37. The van der Waals surface area contributed by atoms with E-state index in [1.807, 2.05) is 13.8 Å². The quantitative estimate of drug-likeness (QED) is 0.546. The molecule has 6 heteroatoms. The van der Waals surface area contributed by atoms with Gasteiger partial charge in [0.1, 0.15) is 12.2 Å². The van der Waals surface area contributed by atoms with Gasteiger partial charge in [0.15, 0.2) is 0 Å². The molecule has 0 aromatic rings. The van der Waals surface area contributed by atoms with E-state index < -0.39 is 24.1 Å². The highest BCUT2D eigenvalue weighted by atomic mass is 32.2. The lowest BCUT2D eigenvalue weighted by molar-refractivity contribution is -0.158. The number of esters is 2. The van der Waals surface area contributed by atoms with E-state index in [-0.39, 0.29) is 10.5 Å². The van der Waals surface area contributed by atoms with Crippen LogP contribution in [0.1, 0.15) is 13.8 Å². The van der Waals surface area contributed by atoms with E-state index in [0.717, 1.165) is 0 Å². The standard InChI is InChI=1S/C14H18O4S2/c1-7-9(3)19-5-11(17-13(7)15)12-6-20-10(4)8(2)14(16)18-12/h9-12H,1-2,5-6H2,3-4H3. The molecule has 20 heavy (non-hydrogen) atoms. The second-order valence-electron chi connectivity index (χ2n) is 4.89. The van der Waals surface area contributed by atoms with Crippen molar-refractivity contribution in [2.24, 2.45) is 0 Å². The van der Waals surface area contributed by atoms with Crippen molar-refractivity contribution in [1.29, 1.82) is 0 Å². The maximum atomic E-state index is 11.9. The van der Waals surface area contributed by atoms with Gasteiger partial charge in [0.05, 0.1) is 0 Å². The fraction of sp³-hybridized carbons (Fsp3) is 0.571. The van der Waals surface area contributed by atoms with Gasteiger partial charge in [-0.3, -0.25) is 0 Å². The summed E-state index contributed by atoms with van der Waals surface area (Å²) in [5.74, 6) is 0.408. The van der Waals surface area contributed by atoms with Crippen LogP contribution in [0, 0.1) is 0 Å². The van der Waals surface area contributed by atoms with Gasteiger partial charge in [0.25, 0.3) is 0 Å². The predicted octanol–water partition coefficient (Wildman–Crippen LogP) is 2.19. The largest absolute Gasteiger partial charge is 0.454 e. The van der Waals surface area contributed by atoms with Crippen LogP contribution >= 0.6 is 23.5 Å². The summed E-state index contributed by atoms with van der Waals surface area (Å²) in [6.45, 7) is 11.4. The second-order valence-corrected chi connectivity index (χ2v) is 7.64. The minimum Gasteiger partial charge on any atom is -0.454 e. The minimum atomic E-state index is -0.427. The lowest BCUT2D eigenvalue weighted by Gasteiger charge is -2.23. The van der Waals surface area contributed by atoms with Crippen molar-refractivity contribution in [3.05, 3.63) is 24.3 Å². The van der Waals surface area contributed by atoms with Gasteiger partial charge >= 0.3 is 11.9 Å². The molecule has 2 aliphatic heterocycles. The summed E-state index contributed by atoms with van der Waals surface area (Å²) < 4.78 is 10.9. The molecule has 4 nitrogen and oxygen atoms in total. The molecule has 2 heterocycles. The maximum Gasteiger partial charge on any atom is 0.334 e. The number of carbonyl (C=O) groups excluding carboxylic acids is 2. The molecule has 2 fully saturated rings. The van der Waals surface area contributed by atoms with Gasteiger partial charge in [0.2, 0.25) is 0 Å². The van der Waals surface area contributed by atoms with Gasteiger partial charge in [-0.15, -0.1) is 23.5 Å². The number of hydrogen-bond acceptors (Lipinski definition) is 6. The summed E-state index contributed by atoms with van der Waals surface area (Å²) >= 11 is 3.19. The van der Waals surface area contributed by atoms with E-state index in [2.05, 4.69) is 13.2 Å². The van der Waals surface area contributed by atoms with Gasteiger partial charge in [-0.25, -0.2) is 9.59 Å². The van der Waals surface area contributed by atoms with Crippen LogP contribution in [0.4, 0.5) is 0 Å². The molecule has 0 spiro atoms. The molecule has 110 valence electrons. The average Bonchev–Trinajstić information content (AvgIpc) is 2.63. The number of rotatable bonds is 1. The van der Waals surface area contributed by atoms with Crippen molar-refractivity contribution in [1.82, 2.24) is 0 Å². The molecular formula is C14H18O4S2. The first-order valence-electron chi connectivity index (χ1n) is 6.43. The van der Waals surface area contributed by atoms with Crippen LogP contribution < -0.4 is 0 Å². The van der Waals surface area contributed by atoms with E-state index >= 15 is 0 Å². The molecule has 0 aromatic carbocycles. The Balaban J connectivity index is 2.11. The molecule has 0 bridgehead atoms. The van der Waals surface area contributed by atoms with Crippen molar-refractivity contribution in [2.75, 3.05) is 11.5 Å². The summed E-state index contributed by atoms with van der Waals surface area (Å²) in [5, 5.41) is 0.0473. The number of ether oxygens (including phenoxy) is 2. The van der Waals surface area contributed by atoms with Crippen LogP contribution in [0.15, 0.2) is 24.3 Å². The smallest absolute Gasteiger partial charge is 0.334 e. The Morgan fingerprint density at radius 2 is 1.25 bits per heavy atom. The van der Waals surface area contributed by atoms with Gasteiger partial charge in [-0.2, -0.15) is 0 Å². The monoisotopic (exact) mass is 314 g/mol. The third-order valence-corrected chi connectivity index (χ3v) is 6.07. The first-order valence-corrected chi connectivity index (χ1v) is 8.52. The highest BCUT2D eigenvalue weighted by Crippen LogP contribution is 2.31. The molecule has 4 atom stereocenters. The maximum absolute atomic E-state index is 11.9. The van der Waals surface area contributed by atoms with E-state index in [4.69, 9.17) is 9.47 Å². The van der Waals surface area contributed by atoms with Gasteiger partial charge in [0, 0.05) is 33.2 Å². The number of hydrogen-bond donors (Lipinski definition) is 0. The topological polar surface area (TPSA) is 52.6 Å². The van der Waals surface area contributed by atoms with Crippen molar-refractivity contribution >= 4 is 35.5 Å². The number of carbonyl (C=O) groups is 2. The zero-order valence-electron chi connectivity index (χ0n) is 11.6. The van der Waals surface area contributed by atoms with Gasteiger partial charge in [-0.05, 0) is 13.8 Å². The van der Waals surface area contributed by atoms with Crippen LogP contribution in [0.5, 0.6) is 0 Å². The molecular weight excluding hydrogens is 296 g/mol. The van der Waals surface area contributed by atoms with Gasteiger partial charge in [-0.1, -0.05) is 13.2 Å². The first-order chi connectivity index (χ1) is 9.40. The van der Waals surface area contributed by atoms with E-state index in [0.29, 0.717) is 22.7 Å². The number of cyclic esters (lactones) is 2. The fourth-order valence-electron chi connectivity index (χ4n) is 1.87. The Bertz CT molecular complexity index is 418. The van der Waals surface area contributed by atoms with Crippen molar-refractivity contribution in [3.8, 4) is 0 Å². The Labute approximate surface area is 127 Å². The minimum absolute atomic E-state index is 0.0236. The van der Waals surface area contributed by atoms with Crippen LogP contribution in [-0.2, 0) is 19.1 Å². The third kappa shape index (κ3) is 3.23.